The van der Waals surface area contributed by atoms with Gasteiger partial charge in [0.25, 0.3) is 0 Å². The fourth-order valence-electron chi connectivity index (χ4n) is 8.52. The fraction of sp³-hybridized carbons (Fsp3) is 0.273. The average molecular weight is 999 g/mol. The van der Waals surface area contributed by atoms with Gasteiger partial charge in [-0.3, -0.25) is 0 Å². The Labute approximate surface area is 377 Å². The smallest absolute Gasteiger partial charge is 0.0798 e. The zero-order chi connectivity index (χ0) is 41.8. The number of aryl methyl sites for hydroxylation is 3. The van der Waals surface area contributed by atoms with E-state index in [0.29, 0.717) is 11.8 Å². The van der Waals surface area contributed by atoms with Crippen LogP contribution in [0.1, 0.15) is 74.3 Å². The van der Waals surface area contributed by atoms with Crippen molar-refractivity contribution < 1.29 is 20.1 Å². The van der Waals surface area contributed by atoms with E-state index in [1.54, 1.807) is 0 Å². The van der Waals surface area contributed by atoms with Crippen LogP contribution in [0.15, 0.2) is 122 Å². The maximum absolute atomic E-state index is 4.85. The van der Waals surface area contributed by atoms with E-state index in [-0.39, 0.29) is 20.1 Å². The molecule has 0 bridgehead atoms. The Morgan fingerprint density at radius 1 is 0.700 bits per heavy atom. The fourth-order valence-corrected chi connectivity index (χ4v) is 11.3. The molecule has 0 aliphatic rings. The van der Waals surface area contributed by atoms with Crippen LogP contribution in [0.3, 0.4) is 0 Å². The van der Waals surface area contributed by atoms with Gasteiger partial charge >= 0.3 is 0 Å². The first-order valence-corrected chi connectivity index (χ1v) is 25.6. The van der Waals surface area contributed by atoms with E-state index >= 15 is 0 Å². The third-order valence-corrected chi connectivity index (χ3v) is 14.9. The first kappa shape index (κ1) is 45.0. The molecule has 3 aromatic heterocycles. The van der Waals surface area contributed by atoms with Gasteiger partial charge < -0.3 is 9.97 Å². The number of pyridine rings is 2. The molecule has 0 atom stereocenters. The molecule has 1 radical (unpaired) electrons. The van der Waals surface area contributed by atoms with Gasteiger partial charge in [0.15, 0.2) is 0 Å². The molecule has 0 unspecified atom stereocenters. The number of thiophene rings is 1. The summed E-state index contributed by atoms with van der Waals surface area (Å²) in [6.45, 7) is 22.9. The van der Waals surface area contributed by atoms with E-state index in [1.807, 2.05) is 17.5 Å². The molecule has 0 N–H and O–H groups in total. The van der Waals surface area contributed by atoms with E-state index in [1.165, 1.54) is 75.4 Å². The molecule has 2 nitrogen and oxygen atoms in total. The van der Waals surface area contributed by atoms with Gasteiger partial charge in [0.05, 0.1) is 8.07 Å². The number of nitrogens with zero attached hydrogens (tertiary/aromatic N) is 2. The van der Waals surface area contributed by atoms with Gasteiger partial charge in [0, 0.05) is 37.2 Å². The number of fused-ring (bicyclic) bond motifs is 3. The summed E-state index contributed by atoms with van der Waals surface area (Å²) < 4.78 is 2.59. The second kappa shape index (κ2) is 19.5. The first-order valence-electron chi connectivity index (χ1n) is 21.3. The molecular formula is C55H58IrN2SSi-2. The Kier molecular flexibility index (Phi) is 14.6. The van der Waals surface area contributed by atoms with Crippen molar-refractivity contribution in [2.24, 2.45) is 5.92 Å². The van der Waals surface area contributed by atoms with Crippen LogP contribution in [0.4, 0.5) is 0 Å². The average Bonchev–Trinajstić information content (AvgIpc) is 3.60. The Morgan fingerprint density at radius 3 is 2.12 bits per heavy atom. The van der Waals surface area contributed by atoms with E-state index in [9.17, 15) is 0 Å². The number of hydrogen-bond donors (Lipinski definition) is 0. The monoisotopic (exact) mass is 999 g/mol. The van der Waals surface area contributed by atoms with Crippen molar-refractivity contribution in [2.75, 3.05) is 0 Å². The van der Waals surface area contributed by atoms with Crippen LogP contribution in [-0.4, -0.2) is 18.0 Å². The van der Waals surface area contributed by atoms with Crippen molar-refractivity contribution in [1.82, 2.24) is 9.97 Å². The Bertz CT molecular complexity index is 2700. The predicted octanol–water partition coefficient (Wildman–Crippen LogP) is 15.4. The van der Waals surface area contributed by atoms with Gasteiger partial charge in [0.1, 0.15) is 0 Å². The summed E-state index contributed by atoms with van der Waals surface area (Å²) in [6, 6.07) is 46.3. The molecule has 0 amide bonds. The Balaban J connectivity index is 0.000000201. The largest absolute Gasteiger partial charge is 0.305 e. The van der Waals surface area contributed by atoms with Gasteiger partial charge in [-0.05, 0) is 118 Å². The predicted molar refractivity (Wildman–Crippen MR) is 260 cm³/mol. The molecule has 0 saturated carbocycles. The summed E-state index contributed by atoms with van der Waals surface area (Å²) >= 11 is 1.85. The molecule has 0 saturated heterocycles. The third-order valence-electron chi connectivity index (χ3n) is 11.6. The maximum atomic E-state index is 4.85. The number of hydrogen-bond acceptors (Lipinski definition) is 3. The molecule has 0 aliphatic carbocycles. The summed E-state index contributed by atoms with van der Waals surface area (Å²) in [5, 5.41) is 4.09. The van der Waals surface area contributed by atoms with Crippen LogP contribution in [0.2, 0.25) is 19.6 Å². The second-order valence-corrected chi connectivity index (χ2v) is 23.6. The van der Waals surface area contributed by atoms with E-state index < -0.39 is 8.07 Å². The van der Waals surface area contributed by atoms with Gasteiger partial charge in [-0.25, -0.2) is 0 Å². The molecule has 0 fully saturated rings. The molecule has 8 rings (SSSR count). The minimum absolute atomic E-state index is 0. The van der Waals surface area contributed by atoms with Crippen molar-refractivity contribution >= 4 is 44.8 Å². The van der Waals surface area contributed by atoms with Crippen LogP contribution in [0.5, 0.6) is 0 Å². The number of benzene rings is 5. The molecule has 3 heterocycles. The first-order chi connectivity index (χ1) is 28.4. The topological polar surface area (TPSA) is 25.8 Å². The summed E-state index contributed by atoms with van der Waals surface area (Å²) in [5.74, 6) is 1.22. The normalized spacial score (nSPS) is 11.5. The van der Waals surface area contributed by atoms with E-state index in [0.717, 1.165) is 41.8 Å². The number of rotatable bonds is 10. The quantitative estimate of drug-likeness (QED) is 0.101. The molecule has 309 valence electrons. The van der Waals surface area contributed by atoms with Crippen molar-refractivity contribution in [3.8, 4) is 44.8 Å². The molecule has 5 heteroatoms. The van der Waals surface area contributed by atoms with Crippen LogP contribution >= 0.6 is 11.3 Å². The van der Waals surface area contributed by atoms with Crippen LogP contribution in [-0.2, 0) is 26.5 Å². The molecule has 8 aromatic rings. The van der Waals surface area contributed by atoms with E-state index in [4.69, 9.17) is 9.97 Å². The molecular weight excluding hydrogens is 941 g/mol. The van der Waals surface area contributed by atoms with Gasteiger partial charge in [-0.15, -0.1) is 53.1 Å². The Morgan fingerprint density at radius 2 is 1.43 bits per heavy atom. The zero-order valence-electron chi connectivity index (χ0n) is 37.0. The number of aromatic nitrogens is 2. The molecule has 0 spiro atoms. The molecule has 5 aromatic carbocycles. The minimum atomic E-state index is -1.41. The van der Waals surface area contributed by atoms with Crippen molar-refractivity contribution in [2.45, 2.75) is 93.3 Å². The van der Waals surface area contributed by atoms with Crippen molar-refractivity contribution in [1.29, 1.82) is 0 Å². The maximum Gasteiger partial charge on any atom is 0.0798 e. The van der Waals surface area contributed by atoms with Crippen molar-refractivity contribution in [3.05, 3.63) is 162 Å². The summed E-state index contributed by atoms with van der Waals surface area (Å²) in [7, 11) is -1.41. The van der Waals surface area contributed by atoms with Crippen LogP contribution < -0.4 is 5.19 Å². The summed E-state index contributed by atoms with van der Waals surface area (Å²) in [4.78, 5) is 9.60. The van der Waals surface area contributed by atoms with Gasteiger partial charge in [-0.2, -0.15) is 11.3 Å². The zero-order valence-corrected chi connectivity index (χ0v) is 41.2. The summed E-state index contributed by atoms with van der Waals surface area (Å²) in [6.07, 6.45) is 7.50. The molecule has 60 heavy (non-hydrogen) atoms. The van der Waals surface area contributed by atoms with Gasteiger partial charge in [-0.1, -0.05) is 143 Å². The Hall–Kier alpha value is -4.51. The second-order valence-electron chi connectivity index (χ2n) is 17.5. The SMILES string of the molecule is CCC(CC)c1ccnc(-c2[c-]ccc3c2sc2ccc(-c4c(C)cccc4C)cc23)c1.Cc1c[c-]c(-c2cc(CC(C)C)c([Si](C)(C)C)cn2)cc1-c1ccccc1.[Ir]. The minimum Gasteiger partial charge on any atom is -0.305 e. The standard InChI is InChI=1S/C30H28NS.C25H30NSi.Ir/c1-5-21(6-2)22-15-16-31-27(18-22)25-12-8-11-24-26-17-23(13-14-28(26)32-30(24)25)29-19(3)9-7-10-20(29)4;1-18(2)14-22-16-24(26-17-25(22)27(4,5)6)21-13-12-19(3)23(15-21)20-10-8-7-9-11-20;/h7-11,13-18,21H,5-6H2,1-4H3;7-12,15-18H,14H2,1-6H3;/q2*-1;. The van der Waals surface area contributed by atoms with Crippen LogP contribution in [0.25, 0.3) is 64.9 Å². The third kappa shape index (κ3) is 9.82. The molecule has 0 aliphatic heterocycles. The van der Waals surface area contributed by atoms with Gasteiger partial charge in [0.2, 0.25) is 0 Å². The van der Waals surface area contributed by atoms with E-state index in [2.05, 4.69) is 196 Å². The van der Waals surface area contributed by atoms with Crippen LogP contribution in [0, 0.1) is 38.8 Å². The van der Waals surface area contributed by atoms with Crippen molar-refractivity contribution in [3.63, 3.8) is 0 Å². The summed E-state index contributed by atoms with van der Waals surface area (Å²) in [5.41, 5.74) is 16.1.